The summed E-state index contributed by atoms with van der Waals surface area (Å²) in [5.74, 6) is 0.453. The molecule has 0 aliphatic carbocycles. The number of aromatic nitrogens is 1. The number of likely N-dealkylation sites (tertiary alicyclic amines) is 2. The first kappa shape index (κ1) is 31.7. The lowest BCUT2D eigenvalue weighted by Crippen LogP contribution is -2.55. The minimum Gasteiger partial charge on any atom is -0.343 e. The minimum atomic E-state index is 0. The summed E-state index contributed by atoms with van der Waals surface area (Å²) in [4.78, 5) is 51.9. The molecule has 8 nitrogen and oxygen atoms in total. The highest BCUT2D eigenvalue weighted by atomic mass is 35.5. The zero-order valence-corrected chi connectivity index (χ0v) is 26.3. The van der Waals surface area contributed by atoms with E-state index in [1.807, 2.05) is 87.5 Å². The Hall–Kier alpha value is -3.75. The molecule has 2 aromatic carbocycles. The van der Waals surface area contributed by atoms with Crippen LogP contribution >= 0.6 is 12.4 Å². The number of nitrogens with zero attached hydrogens (tertiary/aromatic N) is 5. The maximum absolute atomic E-state index is 13.8. The minimum absolute atomic E-state index is 0. The van der Waals surface area contributed by atoms with Crippen LogP contribution in [0.2, 0.25) is 0 Å². The lowest BCUT2D eigenvalue weighted by Gasteiger charge is -2.43. The number of pyridine rings is 1. The number of amides is 3. The van der Waals surface area contributed by atoms with Crippen molar-refractivity contribution in [3.8, 4) is 22.5 Å². The third-order valence-corrected chi connectivity index (χ3v) is 9.39. The van der Waals surface area contributed by atoms with Gasteiger partial charge in [0, 0.05) is 87.9 Å². The molecule has 0 spiro atoms. The molecular formula is C35H42ClN5O3. The maximum atomic E-state index is 13.8. The van der Waals surface area contributed by atoms with Crippen LogP contribution in [0.15, 0.2) is 72.8 Å². The fraction of sp³-hybridized carbons (Fsp3) is 0.429. The van der Waals surface area contributed by atoms with Crippen molar-refractivity contribution in [1.82, 2.24) is 24.6 Å². The van der Waals surface area contributed by atoms with Crippen LogP contribution in [0.5, 0.6) is 0 Å². The molecule has 3 aromatic rings. The fourth-order valence-corrected chi connectivity index (χ4v) is 6.79. The second-order valence-electron chi connectivity index (χ2n) is 12.0. The van der Waals surface area contributed by atoms with E-state index in [-0.39, 0.29) is 36.0 Å². The van der Waals surface area contributed by atoms with Crippen molar-refractivity contribution in [2.75, 3.05) is 52.4 Å². The normalized spacial score (nSPS) is 18.5. The number of piperidine rings is 2. The Bertz CT molecular complexity index is 1370. The molecule has 0 saturated carbocycles. The van der Waals surface area contributed by atoms with Crippen molar-refractivity contribution in [1.29, 1.82) is 0 Å². The number of benzene rings is 2. The van der Waals surface area contributed by atoms with Gasteiger partial charge in [-0.15, -0.1) is 12.4 Å². The first-order chi connectivity index (χ1) is 21.0. The van der Waals surface area contributed by atoms with Gasteiger partial charge in [-0.2, -0.15) is 0 Å². The molecule has 3 saturated heterocycles. The fourth-order valence-electron chi connectivity index (χ4n) is 6.79. The van der Waals surface area contributed by atoms with Crippen LogP contribution in [-0.4, -0.2) is 101 Å². The third-order valence-electron chi connectivity index (χ3n) is 9.39. The number of hydrogen-bond donors (Lipinski definition) is 0. The lowest BCUT2D eigenvalue weighted by molar-refractivity contribution is -0.141. The number of carbonyl (C=O) groups excluding carboxylic acids is 3. The van der Waals surface area contributed by atoms with E-state index < -0.39 is 0 Å². The molecule has 3 fully saturated rings. The van der Waals surface area contributed by atoms with Crippen LogP contribution in [0.1, 0.15) is 43.0 Å². The van der Waals surface area contributed by atoms with Gasteiger partial charge in [-0.05, 0) is 37.8 Å². The molecule has 6 rings (SSSR count). The SMILES string of the molecule is CC(=O)N1CCC(C(=O)N2CCC(N3CCN(C(=O)c4cc(-c5ccccc5)nc(-c5ccccc5)c4)CC3)CC2)CC1.Cl. The van der Waals surface area contributed by atoms with E-state index in [2.05, 4.69) is 4.90 Å². The molecule has 3 aliphatic heterocycles. The maximum Gasteiger partial charge on any atom is 0.254 e. The standard InChI is InChI=1S/C35H41N5O3.ClH/c1-26(41)37-16-12-29(13-17-37)34(42)39-18-14-31(15-19-39)38-20-22-40(23-21-38)35(43)30-24-32(27-8-4-2-5-9-27)36-33(25-30)28-10-6-3-7-11-28;/h2-11,24-25,29,31H,12-23H2,1H3;1H. The van der Waals surface area contributed by atoms with E-state index in [4.69, 9.17) is 4.98 Å². The van der Waals surface area contributed by atoms with Gasteiger partial charge in [0.2, 0.25) is 11.8 Å². The van der Waals surface area contributed by atoms with Gasteiger partial charge in [0.25, 0.3) is 5.91 Å². The van der Waals surface area contributed by atoms with Gasteiger partial charge >= 0.3 is 0 Å². The molecule has 4 heterocycles. The number of piperazine rings is 1. The van der Waals surface area contributed by atoms with E-state index >= 15 is 0 Å². The first-order valence-corrected chi connectivity index (χ1v) is 15.7. The summed E-state index contributed by atoms with van der Waals surface area (Å²) in [5.41, 5.74) is 4.25. The highest BCUT2D eigenvalue weighted by Gasteiger charge is 2.34. The Morgan fingerprint density at radius 2 is 1.14 bits per heavy atom. The lowest BCUT2D eigenvalue weighted by atomic mass is 9.93. The van der Waals surface area contributed by atoms with Crippen LogP contribution < -0.4 is 0 Å². The van der Waals surface area contributed by atoms with Gasteiger partial charge in [0.05, 0.1) is 11.4 Å². The molecule has 232 valence electrons. The van der Waals surface area contributed by atoms with Gasteiger partial charge in [-0.1, -0.05) is 60.7 Å². The van der Waals surface area contributed by atoms with Gasteiger partial charge in [-0.25, -0.2) is 4.98 Å². The van der Waals surface area contributed by atoms with Gasteiger partial charge in [0.15, 0.2) is 0 Å². The Morgan fingerprint density at radius 1 is 0.636 bits per heavy atom. The van der Waals surface area contributed by atoms with Crippen LogP contribution in [0.25, 0.3) is 22.5 Å². The largest absolute Gasteiger partial charge is 0.343 e. The Kier molecular flexibility index (Phi) is 10.3. The molecule has 3 aliphatic rings. The van der Waals surface area contributed by atoms with Gasteiger partial charge in [0.1, 0.15) is 0 Å². The van der Waals surface area contributed by atoms with E-state index in [9.17, 15) is 14.4 Å². The summed E-state index contributed by atoms with van der Waals surface area (Å²) in [5, 5.41) is 0. The average Bonchev–Trinajstić information content (AvgIpc) is 3.08. The molecule has 0 atom stereocenters. The molecule has 0 bridgehead atoms. The van der Waals surface area contributed by atoms with E-state index in [0.29, 0.717) is 37.8 Å². The van der Waals surface area contributed by atoms with Crippen molar-refractivity contribution in [3.05, 3.63) is 78.4 Å². The summed E-state index contributed by atoms with van der Waals surface area (Å²) in [6, 6.07) is 24.3. The summed E-state index contributed by atoms with van der Waals surface area (Å²) in [6.45, 7) is 7.62. The molecule has 9 heteroatoms. The Morgan fingerprint density at radius 3 is 1.64 bits per heavy atom. The Balaban J connectivity index is 0.00000384. The first-order valence-electron chi connectivity index (χ1n) is 15.7. The van der Waals surface area contributed by atoms with E-state index in [1.165, 1.54) is 0 Å². The predicted molar refractivity (Wildman–Crippen MR) is 174 cm³/mol. The molecule has 1 aromatic heterocycles. The second kappa shape index (κ2) is 14.4. The molecule has 0 unspecified atom stereocenters. The van der Waals surface area contributed by atoms with E-state index in [0.717, 1.165) is 74.4 Å². The zero-order chi connectivity index (χ0) is 29.8. The molecular weight excluding hydrogens is 574 g/mol. The van der Waals surface area contributed by atoms with Crippen molar-refractivity contribution in [2.45, 2.75) is 38.6 Å². The summed E-state index contributed by atoms with van der Waals surface area (Å²) < 4.78 is 0. The molecule has 0 radical (unpaired) electrons. The topological polar surface area (TPSA) is 77.1 Å². The van der Waals surface area contributed by atoms with Crippen molar-refractivity contribution in [2.24, 2.45) is 5.92 Å². The van der Waals surface area contributed by atoms with Crippen LogP contribution in [0.3, 0.4) is 0 Å². The smallest absolute Gasteiger partial charge is 0.254 e. The van der Waals surface area contributed by atoms with E-state index in [1.54, 1.807) is 6.92 Å². The second-order valence-corrected chi connectivity index (χ2v) is 12.0. The quantitative estimate of drug-likeness (QED) is 0.410. The number of hydrogen-bond acceptors (Lipinski definition) is 5. The highest BCUT2D eigenvalue weighted by Crippen LogP contribution is 2.27. The average molecular weight is 616 g/mol. The molecule has 3 amide bonds. The molecule has 0 N–H and O–H groups in total. The number of carbonyl (C=O) groups is 3. The predicted octanol–water partition coefficient (Wildman–Crippen LogP) is 4.84. The highest BCUT2D eigenvalue weighted by molar-refractivity contribution is 5.96. The van der Waals surface area contributed by atoms with Crippen molar-refractivity contribution in [3.63, 3.8) is 0 Å². The van der Waals surface area contributed by atoms with Crippen molar-refractivity contribution >= 4 is 30.1 Å². The van der Waals surface area contributed by atoms with Crippen LogP contribution in [0.4, 0.5) is 0 Å². The Labute approximate surface area is 266 Å². The summed E-state index contributed by atoms with van der Waals surface area (Å²) in [7, 11) is 0. The van der Waals surface area contributed by atoms with Crippen molar-refractivity contribution < 1.29 is 14.4 Å². The molecule has 44 heavy (non-hydrogen) atoms. The number of halogens is 1. The number of rotatable bonds is 5. The zero-order valence-electron chi connectivity index (χ0n) is 25.4. The monoisotopic (exact) mass is 615 g/mol. The third kappa shape index (κ3) is 7.13. The van der Waals surface area contributed by atoms with Gasteiger partial charge in [-0.3, -0.25) is 19.3 Å². The van der Waals surface area contributed by atoms with Gasteiger partial charge < -0.3 is 14.7 Å². The van der Waals surface area contributed by atoms with Crippen LogP contribution in [-0.2, 0) is 9.59 Å². The van der Waals surface area contributed by atoms with Crippen LogP contribution in [0, 0.1) is 5.92 Å². The summed E-state index contributed by atoms with van der Waals surface area (Å²) >= 11 is 0. The summed E-state index contributed by atoms with van der Waals surface area (Å²) in [6.07, 6.45) is 3.48.